The summed E-state index contributed by atoms with van der Waals surface area (Å²) in [6.07, 6.45) is 1.19. The molecule has 2 heterocycles. The molecule has 0 aliphatic carbocycles. The highest BCUT2D eigenvalue weighted by Crippen LogP contribution is 2.18. The molecular weight excluding hydrogens is 240 g/mol. The second-order valence-corrected chi connectivity index (χ2v) is 4.15. The number of amides is 1. The van der Waals surface area contributed by atoms with Gasteiger partial charge in [-0.15, -0.1) is 0 Å². The lowest BCUT2D eigenvalue weighted by Gasteiger charge is -2.20. The Kier molecular flexibility index (Phi) is 3.50. The Morgan fingerprint density at radius 1 is 1.67 bits per heavy atom. The summed E-state index contributed by atoms with van der Waals surface area (Å²) in [6.45, 7) is 1.94. The summed E-state index contributed by atoms with van der Waals surface area (Å²) in [6, 6.07) is 0.825. The van der Waals surface area contributed by atoms with Crippen molar-refractivity contribution in [1.82, 2.24) is 10.1 Å². The highest BCUT2D eigenvalue weighted by molar-refractivity contribution is 5.85. The molecule has 1 fully saturated rings. The average Bonchev–Trinajstić information content (AvgIpc) is 2.94. The van der Waals surface area contributed by atoms with E-state index in [0.717, 1.165) is 0 Å². The van der Waals surface area contributed by atoms with Crippen LogP contribution in [0.15, 0.2) is 10.6 Å². The number of nitrogens with zero attached hydrogens (tertiary/aromatic N) is 2. The number of likely N-dealkylation sites (tertiary alicyclic amines) is 1. The van der Waals surface area contributed by atoms with Gasteiger partial charge in [0.15, 0.2) is 6.61 Å². The minimum absolute atomic E-state index is 0.226. The van der Waals surface area contributed by atoms with Crippen LogP contribution in [0.25, 0.3) is 0 Å². The van der Waals surface area contributed by atoms with Crippen molar-refractivity contribution in [3.8, 4) is 5.88 Å². The standard InChI is InChI=1S/C11H14N2O5/c1-7-5-9(12-18-7)17-6-10(14)13-4-2-3-8(13)11(15)16/h5,8H,2-4,6H2,1H3,(H,15,16). The summed E-state index contributed by atoms with van der Waals surface area (Å²) < 4.78 is 9.93. The molecule has 18 heavy (non-hydrogen) atoms. The molecule has 0 aromatic carbocycles. The fraction of sp³-hybridized carbons (Fsp3) is 0.545. The van der Waals surface area contributed by atoms with E-state index in [1.54, 1.807) is 13.0 Å². The van der Waals surface area contributed by atoms with Crippen molar-refractivity contribution < 1.29 is 24.0 Å². The number of carbonyl (C=O) groups is 2. The molecule has 0 radical (unpaired) electrons. The molecule has 1 atom stereocenters. The second kappa shape index (κ2) is 5.07. The minimum Gasteiger partial charge on any atom is -0.480 e. The number of hydrogen-bond donors (Lipinski definition) is 1. The van der Waals surface area contributed by atoms with Gasteiger partial charge < -0.3 is 19.3 Å². The number of rotatable bonds is 4. The van der Waals surface area contributed by atoms with Crippen LogP contribution in [0.1, 0.15) is 18.6 Å². The molecule has 0 bridgehead atoms. The average molecular weight is 254 g/mol. The van der Waals surface area contributed by atoms with E-state index >= 15 is 0 Å². The van der Waals surface area contributed by atoms with Crippen LogP contribution in [0.3, 0.4) is 0 Å². The topological polar surface area (TPSA) is 92.9 Å². The van der Waals surface area contributed by atoms with E-state index in [0.29, 0.717) is 25.1 Å². The number of hydrogen-bond acceptors (Lipinski definition) is 5. The molecule has 1 saturated heterocycles. The lowest BCUT2D eigenvalue weighted by molar-refractivity contribution is -0.149. The molecule has 1 aromatic rings. The van der Waals surface area contributed by atoms with Gasteiger partial charge in [0.05, 0.1) is 0 Å². The normalized spacial score (nSPS) is 18.9. The molecule has 0 saturated carbocycles. The monoisotopic (exact) mass is 254 g/mol. The van der Waals surface area contributed by atoms with Crippen LogP contribution >= 0.6 is 0 Å². The van der Waals surface area contributed by atoms with Crippen LogP contribution in [0, 0.1) is 6.92 Å². The largest absolute Gasteiger partial charge is 0.480 e. The number of carboxylic acids is 1. The molecule has 1 amide bonds. The predicted molar refractivity (Wildman–Crippen MR) is 59.1 cm³/mol. The van der Waals surface area contributed by atoms with Crippen LogP contribution in [-0.4, -0.2) is 46.2 Å². The fourth-order valence-corrected chi connectivity index (χ4v) is 1.95. The third kappa shape index (κ3) is 2.61. The number of aryl methyl sites for hydroxylation is 1. The highest BCUT2D eigenvalue weighted by Gasteiger charge is 2.34. The van der Waals surface area contributed by atoms with E-state index in [1.165, 1.54) is 4.90 Å². The highest BCUT2D eigenvalue weighted by atomic mass is 16.5. The van der Waals surface area contributed by atoms with E-state index in [2.05, 4.69) is 5.16 Å². The summed E-state index contributed by atoms with van der Waals surface area (Å²) in [5, 5.41) is 12.5. The third-order valence-corrected chi connectivity index (χ3v) is 2.81. The zero-order valence-electron chi connectivity index (χ0n) is 9.96. The van der Waals surface area contributed by atoms with E-state index in [9.17, 15) is 9.59 Å². The quantitative estimate of drug-likeness (QED) is 0.837. The van der Waals surface area contributed by atoms with E-state index in [4.69, 9.17) is 14.4 Å². The van der Waals surface area contributed by atoms with Gasteiger partial charge in [-0.1, -0.05) is 0 Å². The van der Waals surface area contributed by atoms with Gasteiger partial charge in [-0.2, -0.15) is 0 Å². The SMILES string of the molecule is Cc1cc(OCC(=O)N2CCCC2C(=O)O)no1. The first-order valence-corrected chi connectivity index (χ1v) is 5.66. The Bertz CT molecular complexity index is 456. The number of aliphatic carboxylic acids is 1. The van der Waals surface area contributed by atoms with Gasteiger partial charge in [0.25, 0.3) is 11.8 Å². The summed E-state index contributed by atoms with van der Waals surface area (Å²) in [7, 11) is 0. The zero-order valence-corrected chi connectivity index (χ0v) is 9.96. The maximum absolute atomic E-state index is 11.8. The molecule has 7 heteroatoms. The maximum atomic E-state index is 11.8. The van der Waals surface area contributed by atoms with Crippen molar-refractivity contribution in [3.05, 3.63) is 11.8 Å². The summed E-state index contributed by atoms with van der Waals surface area (Å²) in [5.74, 6) is -0.507. The van der Waals surface area contributed by atoms with E-state index in [1.807, 2.05) is 0 Å². The molecule has 0 spiro atoms. The number of carbonyl (C=O) groups excluding carboxylic acids is 1. The minimum atomic E-state index is -0.974. The first kappa shape index (κ1) is 12.4. The molecule has 7 nitrogen and oxygen atoms in total. The second-order valence-electron chi connectivity index (χ2n) is 4.15. The van der Waals surface area contributed by atoms with Crippen molar-refractivity contribution in [2.45, 2.75) is 25.8 Å². The van der Waals surface area contributed by atoms with Crippen molar-refractivity contribution in [1.29, 1.82) is 0 Å². The molecule has 1 N–H and O–H groups in total. The molecular formula is C11H14N2O5. The Labute approximate surface area is 103 Å². The predicted octanol–water partition coefficient (Wildman–Crippen LogP) is 0.437. The molecule has 1 aliphatic heterocycles. The Morgan fingerprint density at radius 2 is 2.44 bits per heavy atom. The van der Waals surface area contributed by atoms with Gasteiger partial charge in [-0.25, -0.2) is 4.79 Å². The van der Waals surface area contributed by atoms with Gasteiger partial charge in [0.1, 0.15) is 11.8 Å². The third-order valence-electron chi connectivity index (χ3n) is 2.81. The first-order chi connectivity index (χ1) is 8.58. The van der Waals surface area contributed by atoms with Crippen molar-refractivity contribution in [2.24, 2.45) is 0 Å². The first-order valence-electron chi connectivity index (χ1n) is 5.66. The van der Waals surface area contributed by atoms with Crippen LogP contribution < -0.4 is 4.74 Å². The summed E-state index contributed by atoms with van der Waals surface area (Å²) in [5.41, 5.74) is 0. The summed E-state index contributed by atoms with van der Waals surface area (Å²) in [4.78, 5) is 24.1. The fourth-order valence-electron chi connectivity index (χ4n) is 1.95. The van der Waals surface area contributed by atoms with Gasteiger partial charge in [0, 0.05) is 12.6 Å². The van der Waals surface area contributed by atoms with Gasteiger partial charge in [0.2, 0.25) is 0 Å². The Hall–Kier alpha value is -2.05. The zero-order chi connectivity index (χ0) is 13.1. The molecule has 98 valence electrons. The van der Waals surface area contributed by atoms with Crippen LogP contribution in [0.2, 0.25) is 0 Å². The molecule has 2 rings (SSSR count). The van der Waals surface area contributed by atoms with Crippen molar-refractivity contribution in [2.75, 3.05) is 13.2 Å². The molecule has 1 aromatic heterocycles. The van der Waals surface area contributed by atoms with Crippen molar-refractivity contribution in [3.63, 3.8) is 0 Å². The van der Waals surface area contributed by atoms with Crippen LogP contribution in [0.4, 0.5) is 0 Å². The molecule has 1 aliphatic rings. The van der Waals surface area contributed by atoms with Crippen molar-refractivity contribution >= 4 is 11.9 Å². The van der Waals surface area contributed by atoms with Gasteiger partial charge in [-0.05, 0) is 24.9 Å². The number of ether oxygens (including phenoxy) is 1. The Morgan fingerprint density at radius 3 is 3.06 bits per heavy atom. The lowest BCUT2D eigenvalue weighted by Crippen LogP contribution is -2.42. The maximum Gasteiger partial charge on any atom is 0.326 e. The van der Waals surface area contributed by atoms with E-state index in [-0.39, 0.29) is 18.4 Å². The van der Waals surface area contributed by atoms with Crippen LogP contribution in [-0.2, 0) is 9.59 Å². The van der Waals surface area contributed by atoms with Crippen LogP contribution in [0.5, 0.6) is 5.88 Å². The summed E-state index contributed by atoms with van der Waals surface area (Å²) >= 11 is 0. The molecule has 1 unspecified atom stereocenters. The lowest BCUT2D eigenvalue weighted by atomic mass is 10.2. The van der Waals surface area contributed by atoms with Gasteiger partial charge >= 0.3 is 5.97 Å². The number of carboxylic acid groups (broad SMARTS) is 1. The Balaban J connectivity index is 1.89. The van der Waals surface area contributed by atoms with E-state index < -0.39 is 12.0 Å². The van der Waals surface area contributed by atoms with Gasteiger partial charge in [-0.3, -0.25) is 4.79 Å². The number of aromatic nitrogens is 1. The smallest absolute Gasteiger partial charge is 0.326 e.